The second-order valence-electron chi connectivity index (χ2n) is 4.04. The van der Waals surface area contributed by atoms with E-state index in [1.807, 2.05) is 31.2 Å². The molecule has 1 unspecified atom stereocenters. The van der Waals surface area contributed by atoms with Crippen LogP contribution in [0.3, 0.4) is 0 Å². The lowest BCUT2D eigenvalue weighted by Crippen LogP contribution is -2.47. The Labute approximate surface area is 108 Å². The number of carbonyl (C=O) groups excluding carboxylic acids is 1. The largest absolute Gasteiger partial charge is 0.496 e. The highest BCUT2D eigenvalue weighted by Gasteiger charge is 2.15. The molecule has 1 atom stereocenters. The van der Waals surface area contributed by atoms with Crippen LogP contribution >= 0.6 is 0 Å². The summed E-state index contributed by atoms with van der Waals surface area (Å²) in [6.07, 6.45) is 1.62. The van der Waals surface area contributed by atoms with Crippen molar-refractivity contribution in [2.45, 2.75) is 32.4 Å². The van der Waals surface area contributed by atoms with Crippen molar-refractivity contribution in [3.05, 3.63) is 29.8 Å². The lowest BCUT2D eigenvalue weighted by Gasteiger charge is -2.15. The molecule has 0 saturated carbocycles. The van der Waals surface area contributed by atoms with Crippen molar-refractivity contribution in [2.75, 3.05) is 7.11 Å². The second-order valence-corrected chi connectivity index (χ2v) is 4.04. The molecular formula is C13H21N3O2. The van der Waals surface area contributed by atoms with Gasteiger partial charge in [-0.2, -0.15) is 0 Å². The Morgan fingerprint density at radius 2 is 2.17 bits per heavy atom. The summed E-state index contributed by atoms with van der Waals surface area (Å²) >= 11 is 0. The molecule has 0 bridgehead atoms. The molecular weight excluding hydrogens is 230 g/mol. The molecule has 1 aromatic rings. The van der Waals surface area contributed by atoms with E-state index < -0.39 is 0 Å². The number of methoxy groups -OCH3 is 1. The zero-order valence-corrected chi connectivity index (χ0v) is 10.9. The van der Waals surface area contributed by atoms with Gasteiger partial charge >= 0.3 is 0 Å². The topological polar surface area (TPSA) is 76.4 Å². The van der Waals surface area contributed by atoms with Crippen LogP contribution in [0.15, 0.2) is 24.3 Å². The Balaban J connectivity index is 2.56. The van der Waals surface area contributed by atoms with E-state index in [1.165, 1.54) is 0 Å². The van der Waals surface area contributed by atoms with Gasteiger partial charge in [-0.15, -0.1) is 0 Å². The minimum absolute atomic E-state index is 0.0924. The van der Waals surface area contributed by atoms with Gasteiger partial charge in [0, 0.05) is 12.1 Å². The minimum atomic E-state index is -0.343. The Morgan fingerprint density at radius 3 is 2.78 bits per heavy atom. The highest BCUT2D eigenvalue weighted by molar-refractivity contribution is 5.81. The molecule has 0 radical (unpaired) electrons. The summed E-state index contributed by atoms with van der Waals surface area (Å²) in [6.45, 7) is 2.45. The summed E-state index contributed by atoms with van der Waals surface area (Å²) in [5, 5.41) is 2.85. The number of nitrogens with two attached hydrogens (primary N) is 1. The van der Waals surface area contributed by atoms with Gasteiger partial charge in [0.2, 0.25) is 5.91 Å². The zero-order chi connectivity index (χ0) is 13.4. The van der Waals surface area contributed by atoms with Crippen LogP contribution in [0, 0.1) is 0 Å². The van der Waals surface area contributed by atoms with E-state index in [1.54, 1.807) is 7.11 Å². The highest BCUT2D eigenvalue weighted by atomic mass is 16.5. The quantitative estimate of drug-likeness (QED) is 0.498. The van der Waals surface area contributed by atoms with Crippen molar-refractivity contribution in [3.63, 3.8) is 0 Å². The molecule has 1 amide bonds. The number of hydrogen-bond acceptors (Lipinski definition) is 4. The first kappa shape index (κ1) is 14.5. The van der Waals surface area contributed by atoms with Crippen LogP contribution in [0.5, 0.6) is 5.75 Å². The van der Waals surface area contributed by atoms with Gasteiger partial charge in [0.15, 0.2) is 0 Å². The van der Waals surface area contributed by atoms with E-state index in [0.717, 1.165) is 17.7 Å². The molecule has 100 valence electrons. The molecule has 0 fully saturated rings. The third-order valence-electron chi connectivity index (χ3n) is 2.74. The smallest absolute Gasteiger partial charge is 0.238 e. The average Bonchev–Trinajstić information content (AvgIpc) is 2.42. The van der Waals surface area contributed by atoms with Crippen molar-refractivity contribution in [1.82, 2.24) is 10.7 Å². The van der Waals surface area contributed by atoms with E-state index in [0.29, 0.717) is 13.0 Å². The van der Waals surface area contributed by atoms with Crippen LogP contribution in [0.25, 0.3) is 0 Å². The van der Waals surface area contributed by atoms with Crippen molar-refractivity contribution >= 4 is 5.91 Å². The Bertz CT molecular complexity index is 382. The van der Waals surface area contributed by atoms with E-state index in [2.05, 4.69) is 10.7 Å². The monoisotopic (exact) mass is 251 g/mol. The molecule has 1 aromatic carbocycles. The SMILES string of the molecule is CCCC(NN)C(=O)NCc1ccccc1OC. The molecule has 1 rings (SSSR count). The van der Waals surface area contributed by atoms with Gasteiger partial charge in [-0.05, 0) is 12.5 Å². The van der Waals surface area contributed by atoms with Crippen molar-refractivity contribution in [1.29, 1.82) is 0 Å². The van der Waals surface area contributed by atoms with Crippen LogP contribution in [0.4, 0.5) is 0 Å². The molecule has 0 aromatic heterocycles. The first-order chi connectivity index (χ1) is 8.72. The maximum Gasteiger partial charge on any atom is 0.238 e. The van der Waals surface area contributed by atoms with Gasteiger partial charge in [-0.3, -0.25) is 10.6 Å². The van der Waals surface area contributed by atoms with Crippen molar-refractivity contribution in [2.24, 2.45) is 5.84 Å². The number of hydrogen-bond donors (Lipinski definition) is 3. The molecule has 0 saturated heterocycles. The van der Waals surface area contributed by atoms with Crippen LogP contribution in [-0.2, 0) is 11.3 Å². The minimum Gasteiger partial charge on any atom is -0.496 e. The molecule has 4 N–H and O–H groups in total. The van der Waals surface area contributed by atoms with Gasteiger partial charge in [-0.25, -0.2) is 5.43 Å². The van der Waals surface area contributed by atoms with Crippen LogP contribution in [0.2, 0.25) is 0 Å². The fraction of sp³-hybridized carbons (Fsp3) is 0.462. The fourth-order valence-corrected chi connectivity index (χ4v) is 1.73. The molecule has 0 spiro atoms. The summed E-state index contributed by atoms with van der Waals surface area (Å²) in [6, 6.07) is 7.25. The molecule has 18 heavy (non-hydrogen) atoms. The van der Waals surface area contributed by atoms with Gasteiger partial charge in [0.25, 0.3) is 0 Å². The number of benzene rings is 1. The van der Waals surface area contributed by atoms with Gasteiger partial charge < -0.3 is 10.1 Å². The summed E-state index contributed by atoms with van der Waals surface area (Å²) in [5.41, 5.74) is 3.47. The summed E-state index contributed by atoms with van der Waals surface area (Å²) in [4.78, 5) is 11.8. The zero-order valence-electron chi connectivity index (χ0n) is 10.9. The van der Waals surface area contributed by atoms with Crippen LogP contribution in [0.1, 0.15) is 25.3 Å². The summed E-state index contributed by atoms with van der Waals surface area (Å²) in [5.74, 6) is 6.03. The van der Waals surface area contributed by atoms with Crippen molar-refractivity contribution < 1.29 is 9.53 Å². The summed E-state index contributed by atoms with van der Waals surface area (Å²) in [7, 11) is 1.61. The first-order valence-corrected chi connectivity index (χ1v) is 6.08. The summed E-state index contributed by atoms with van der Waals surface area (Å²) < 4.78 is 5.22. The molecule has 5 nitrogen and oxygen atoms in total. The van der Waals surface area contributed by atoms with E-state index in [4.69, 9.17) is 10.6 Å². The number of ether oxygens (including phenoxy) is 1. The van der Waals surface area contributed by atoms with Gasteiger partial charge in [0.05, 0.1) is 13.2 Å². The first-order valence-electron chi connectivity index (χ1n) is 6.08. The third-order valence-corrected chi connectivity index (χ3v) is 2.74. The third kappa shape index (κ3) is 4.01. The van der Waals surface area contributed by atoms with E-state index >= 15 is 0 Å². The van der Waals surface area contributed by atoms with Crippen LogP contribution < -0.4 is 21.3 Å². The second kappa shape index (κ2) is 7.68. The Hall–Kier alpha value is -1.59. The Kier molecular flexibility index (Phi) is 6.18. The molecule has 0 aliphatic rings. The lowest BCUT2D eigenvalue weighted by atomic mass is 10.1. The standard InChI is InChI=1S/C13H21N3O2/c1-3-6-11(16-14)13(17)15-9-10-7-4-5-8-12(10)18-2/h4-5,7-8,11,16H,3,6,9,14H2,1-2H3,(H,15,17). The number of hydrazine groups is 1. The molecule has 0 aliphatic carbocycles. The lowest BCUT2D eigenvalue weighted by molar-refractivity contribution is -0.123. The highest BCUT2D eigenvalue weighted by Crippen LogP contribution is 2.16. The molecule has 0 heterocycles. The number of amides is 1. The van der Waals surface area contributed by atoms with Crippen LogP contribution in [-0.4, -0.2) is 19.1 Å². The molecule has 0 aliphatic heterocycles. The maximum absolute atomic E-state index is 11.8. The predicted octanol–water partition coefficient (Wildman–Crippen LogP) is 0.943. The average molecular weight is 251 g/mol. The van der Waals surface area contributed by atoms with E-state index in [9.17, 15) is 4.79 Å². The van der Waals surface area contributed by atoms with E-state index in [-0.39, 0.29) is 11.9 Å². The number of nitrogens with one attached hydrogen (secondary N) is 2. The Morgan fingerprint density at radius 1 is 1.44 bits per heavy atom. The van der Waals surface area contributed by atoms with Crippen molar-refractivity contribution in [3.8, 4) is 5.75 Å². The number of para-hydroxylation sites is 1. The molecule has 5 heteroatoms. The van der Waals surface area contributed by atoms with Gasteiger partial charge in [0.1, 0.15) is 5.75 Å². The number of carbonyl (C=O) groups is 1. The van der Waals surface area contributed by atoms with Gasteiger partial charge in [-0.1, -0.05) is 31.5 Å². The fourth-order valence-electron chi connectivity index (χ4n) is 1.73. The maximum atomic E-state index is 11.8. The predicted molar refractivity (Wildman–Crippen MR) is 70.9 cm³/mol. The normalized spacial score (nSPS) is 11.9. The number of rotatable bonds is 7.